The molecule has 3 nitrogen and oxygen atoms in total. The van der Waals surface area contributed by atoms with Crippen LogP contribution in [-0.4, -0.2) is 27.7 Å². The fraction of sp³-hybridized carbons (Fsp3) is 0.462. The summed E-state index contributed by atoms with van der Waals surface area (Å²) in [5.41, 5.74) is 0.402. The molecule has 0 aliphatic carbocycles. The Hall–Kier alpha value is -0.820. The molecule has 0 N–H and O–H groups in total. The summed E-state index contributed by atoms with van der Waals surface area (Å²) in [5.74, 6) is 0.138. The number of ether oxygens (including phenoxy) is 1. The number of rotatable bonds is 5. The molecule has 0 unspecified atom stereocenters. The topological polar surface area (TPSA) is 38.7 Å². The molecule has 112 valence electrons. The van der Waals surface area contributed by atoms with Gasteiger partial charge in [0.1, 0.15) is 11.6 Å². The van der Waals surface area contributed by atoms with Gasteiger partial charge in [-0.3, -0.25) is 9.20 Å². The van der Waals surface area contributed by atoms with E-state index < -0.39 is 17.4 Å². The first-order valence-electron chi connectivity index (χ1n) is 5.83. The van der Waals surface area contributed by atoms with E-state index >= 15 is 0 Å². The van der Waals surface area contributed by atoms with E-state index in [1.807, 2.05) is 20.8 Å². The van der Waals surface area contributed by atoms with E-state index in [-0.39, 0.29) is 16.4 Å². The van der Waals surface area contributed by atoms with Crippen LogP contribution in [0.1, 0.15) is 26.3 Å². The second-order valence-corrected chi connectivity index (χ2v) is 7.96. The van der Waals surface area contributed by atoms with Crippen molar-refractivity contribution in [2.45, 2.75) is 32.1 Å². The monoisotopic (exact) mass is 367 g/mol. The molecule has 0 saturated carbocycles. The van der Waals surface area contributed by atoms with Crippen LogP contribution in [0, 0.1) is 0 Å². The first-order chi connectivity index (χ1) is 9.21. The van der Waals surface area contributed by atoms with Crippen molar-refractivity contribution in [3.05, 3.63) is 28.2 Å². The van der Waals surface area contributed by atoms with Gasteiger partial charge in [-0.2, -0.15) is 8.78 Å². The molecule has 0 spiro atoms. The van der Waals surface area contributed by atoms with Crippen molar-refractivity contribution < 1.29 is 17.7 Å². The number of nitrogens with zero attached hydrogens (tertiary/aromatic N) is 1. The molecule has 0 aliphatic heterocycles. The van der Waals surface area contributed by atoms with Crippen molar-refractivity contribution >= 4 is 32.9 Å². The Balaban J connectivity index is 2.89. The Morgan fingerprint density at radius 2 is 2.10 bits per heavy atom. The average Bonchev–Trinajstić information content (AvgIpc) is 2.30. The molecular weight excluding hydrogens is 352 g/mol. The van der Waals surface area contributed by atoms with Gasteiger partial charge >= 0.3 is 6.61 Å². The zero-order chi connectivity index (χ0) is 15.3. The van der Waals surface area contributed by atoms with Gasteiger partial charge < -0.3 is 4.74 Å². The third-order valence-electron chi connectivity index (χ3n) is 2.32. The lowest BCUT2D eigenvalue weighted by molar-refractivity contribution is -0.0499. The second kappa shape index (κ2) is 7.26. The summed E-state index contributed by atoms with van der Waals surface area (Å²) in [6.07, 6.45) is 1.39. The number of aliphatic imine (C=N–C) groups is 1. The minimum Gasteiger partial charge on any atom is -0.434 e. The Morgan fingerprint density at radius 1 is 1.45 bits per heavy atom. The molecule has 0 amide bonds. The first kappa shape index (κ1) is 17.2. The van der Waals surface area contributed by atoms with Gasteiger partial charge in [0.15, 0.2) is 0 Å². The van der Waals surface area contributed by atoms with E-state index in [1.54, 1.807) is 12.1 Å². The van der Waals surface area contributed by atoms with Crippen LogP contribution in [0.4, 0.5) is 8.78 Å². The molecule has 1 atom stereocenters. The third-order valence-corrected chi connectivity index (χ3v) is 4.77. The summed E-state index contributed by atoms with van der Waals surface area (Å²) >= 11 is 3.25. The lowest BCUT2D eigenvalue weighted by Gasteiger charge is -2.15. The smallest absolute Gasteiger partial charge is 0.387 e. The summed E-state index contributed by atoms with van der Waals surface area (Å²) < 4.78 is 41.1. The molecule has 7 heteroatoms. The van der Waals surface area contributed by atoms with Gasteiger partial charge in [0.2, 0.25) is 0 Å². The van der Waals surface area contributed by atoms with E-state index in [1.165, 1.54) is 12.3 Å². The van der Waals surface area contributed by atoms with Crippen LogP contribution in [0.3, 0.4) is 0 Å². The SMILES string of the molecule is CC(C)(C)[S@](=O)CN=Cc1c(Br)cccc1OC(F)F. The van der Waals surface area contributed by atoms with Gasteiger partial charge in [-0.15, -0.1) is 0 Å². The molecule has 20 heavy (non-hydrogen) atoms. The standard InChI is InChI=1S/C13H16BrF2NO2S/c1-13(2,3)20(18)8-17-7-9-10(14)5-4-6-11(9)19-12(15)16/h4-7,12H,8H2,1-3H3/t20-/m1/s1. The zero-order valence-corrected chi connectivity index (χ0v) is 13.8. The van der Waals surface area contributed by atoms with Crippen molar-refractivity contribution in [1.82, 2.24) is 0 Å². The van der Waals surface area contributed by atoms with Gasteiger partial charge in [-0.25, -0.2) is 0 Å². The molecule has 1 aromatic rings. The minimum atomic E-state index is -2.90. The summed E-state index contributed by atoms with van der Waals surface area (Å²) in [6.45, 7) is 2.65. The lowest BCUT2D eigenvalue weighted by atomic mass is 10.2. The van der Waals surface area contributed by atoms with Crippen molar-refractivity contribution in [3.63, 3.8) is 0 Å². The quantitative estimate of drug-likeness (QED) is 0.738. The van der Waals surface area contributed by atoms with Crippen LogP contribution in [-0.2, 0) is 10.8 Å². The Kier molecular flexibility index (Phi) is 6.26. The zero-order valence-electron chi connectivity index (χ0n) is 11.4. The van der Waals surface area contributed by atoms with Crippen LogP contribution < -0.4 is 4.74 Å². The summed E-state index contributed by atoms with van der Waals surface area (Å²) in [5, 5.41) is 0. The largest absolute Gasteiger partial charge is 0.434 e. The number of halogens is 3. The summed E-state index contributed by atoms with van der Waals surface area (Å²) in [7, 11) is -1.14. The molecule has 0 heterocycles. The molecule has 1 aromatic carbocycles. The van der Waals surface area contributed by atoms with Gasteiger partial charge in [0, 0.05) is 31.8 Å². The molecule has 0 bridgehead atoms. The van der Waals surface area contributed by atoms with Crippen LogP contribution in [0.5, 0.6) is 5.75 Å². The van der Waals surface area contributed by atoms with E-state index in [2.05, 4.69) is 25.7 Å². The first-order valence-corrected chi connectivity index (χ1v) is 7.94. The highest BCUT2D eigenvalue weighted by Crippen LogP contribution is 2.26. The predicted octanol–water partition coefficient (Wildman–Crippen LogP) is 3.97. The Labute approximate surface area is 128 Å². The van der Waals surface area contributed by atoms with Crippen LogP contribution >= 0.6 is 15.9 Å². The van der Waals surface area contributed by atoms with Gasteiger partial charge in [0.05, 0.1) is 0 Å². The predicted molar refractivity (Wildman–Crippen MR) is 81.1 cm³/mol. The van der Waals surface area contributed by atoms with E-state index in [0.29, 0.717) is 10.0 Å². The van der Waals surface area contributed by atoms with E-state index in [9.17, 15) is 13.0 Å². The second-order valence-electron chi connectivity index (χ2n) is 4.93. The van der Waals surface area contributed by atoms with Crippen LogP contribution in [0.15, 0.2) is 27.7 Å². The van der Waals surface area contributed by atoms with E-state index in [0.717, 1.165) is 0 Å². The van der Waals surface area contributed by atoms with E-state index in [4.69, 9.17) is 0 Å². The van der Waals surface area contributed by atoms with Gasteiger partial charge in [-0.1, -0.05) is 6.07 Å². The molecule has 1 rings (SSSR count). The Morgan fingerprint density at radius 3 is 2.65 bits per heavy atom. The maximum Gasteiger partial charge on any atom is 0.387 e. The maximum atomic E-state index is 12.3. The average molecular weight is 368 g/mol. The van der Waals surface area contributed by atoms with Crippen molar-refractivity contribution in [2.24, 2.45) is 4.99 Å². The minimum absolute atomic E-state index is 0.0275. The molecule has 0 aliphatic rings. The van der Waals surface area contributed by atoms with Crippen molar-refractivity contribution in [1.29, 1.82) is 0 Å². The van der Waals surface area contributed by atoms with Crippen molar-refractivity contribution in [3.8, 4) is 5.75 Å². The van der Waals surface area contributed by atoms with Crippen LogP contribution in [0.25, 0.3) is 0 Å². The van der Waals surface area contributed by atoms with Crippen LogP contribution in [0.2, 0.25) is 0 Å². The lowest BCUT2D eigenvalue weighted by Crippen LogP contribution is -2.23. The highest BCUT2D eigenvalue weighted by molar-refractivity contribution is 9.10. The van der Waals surface area contributed by atoms with Gasteiger partial charge in [-0.05, 0) is 48.8 Å². The fourth-order valence-electron chi connectivity index (χ4n) is 1.23. The molecule has 0 saturated heterocycles. The molecular formula is C13H16BrF2NO2S. The maximum absolute atomic E-state index is 12.3. The molecule has 0 aromatic heterocycles. The highest BCUT2D eigenvalue weighted by Gasteiger charge is 2.18. The molecule has 0 fully saturated rings. The summed E-state index contributed by atoms with van der Waals surface area (Å²) in [4.78, 5) is 4.06. The number of benzene rings is 1. The summed E-state index contributed by atoms with van der Waals surface area (Å²) in [6, 6.07) is 4.71. The molecule has 0 radical (unpaired) electrons. The highest BCUT2D eigenvalue weighted by atomic mass is 79.9. The van der Waals surface area contributed by atoms with Gasteiger partial charge in [0.25, 0.3) is 0 Å². The fourth-order valence-corrected chi connectivity index (χ4v) is 2.28. The number of alkyl halides is 2. The Bertz CT molecular complexity index is 516. The number of hydrogen-bond donors (Lipinski definition) is 0. The number of hydrogen-bond acceptors (Lipinski definition) is 3. The normalized spacial score (nSPS) is 13.9. The van der Waals surface area contributed by atoms with Crippen molar-refractivity contribution in [2.75, 3.05) is 5.88 Å². The third kappa shape index (κ3) is 5.28.